The summed E-state index contributed by atoms with van der Waals surface area (Å²) in [6.07, 6.45) is 3.42. The van der Waals surface area contributed by atoms with Crippen LogP contribution in [0.3, 0.4) is 0 Å². The van der Waals surface area contributed by atoms with Gasteiger partial charge in [-0.15, -0.1) is 0 Å². The average molecular weight is 269 g/mol. The predicted molar refractivity (Wildman–Crippen MR) is 74.2 cm³/mol. The molecular formula is C14H27N3O2. The number of piperazine rings is 1. The summed E-state index contributed by atoms with van der Waals surface area (Å²) in [6.45, 7) is 9.08. The highest BCUT2D eigenvalue weighted by Crippen LogP contribution is 2.34. The second kappa shape index (κ2) is 6.06. The summed E-state index contributed by atoms with van der Waals surface area (Å²) in [5, 5.41) is 0. The van der Waals surface area contributed by atoms with Gasteiger partial charge in [-0.2, -0.15) is 0 Å². The minimum absolute atomic E-state index is 0.0390. The number of hydrogen-bond acceptors (Lipinski definition) is 5. The van der Waals surface area contributed by atoms with Gasteiger partial charge in [-0.05, 0) is 12.8 Å². The molecule has 1 spiro atoms. The van der Waals surface area contributed by atoms with Crippen LogP contribution in [0, 0.1) is 0 Å². The molecule has 3 aliphatic heterocycles. The smallest absolute Gasteiger partial charge is 0.0951 e. The monoisotopic (exact) mass is 269 g/mol. The Morgan fingerprint density at radius 3 is 2.68 bits per heavy atom. The van der Waals surface area contributed by atoms with E-state index in [1.165, 1.54) is 19.5 Å². The van der Waals surface area contributed by atoms with Crippen LogP contribution in [0.25, 0.3) is 0 Å². The number of nitrogens with zero attached hydrogens (tertiary/aromatic N) is 2. The van der Waals surface area contributed by atoms with Crippen LogP contribution >= 0.6 is 0 Å². The Labute approximate surface area is 116 Å². The topological polar surface area (TPSA) is 51.0 Å². The molecule has 3 fully saturated rings. The lowest BCUT2D eigenvalue weighted by Gasteiger charge is -2.45. The van der Waals surface area contributed by atoms with Gasteiger partial charge in [0.2, 0.25) is 0 Å². The zero-order chi connectivity index (χ0) is 13.1. The van der Waals surface area contributed by atoms with Crippen LogP contribution in [0.15, 0.2) is 0 Å². The van der Waals surface area contributed by atoms with Gasteiger partial charge in [-0.25, -0.2) is 0 Å². The maximum atomic E-state index is 6.03. The lowest BCUT2D eigenvalue weighted by Crippen LogP contribution is -2.55. The molecule has 110 valence electrons. The highest BCUT2D eigenvalue weighted by molar-refractivity contribution is 4.94. The Morgan fingerprint density at radius 1 is 1.16 bits per heavy atom. The fourth-order valence-corrected chi connectivity index (χ4v) is 3.71. The van der Waals surface area contributed by atoms with Crippen molar-refractivity contribution in [1.29, 1.82) is 0 Å². The lowest BCUT2D eigenvalue weighted by molar-refractivity contribution is -0.110. The van der Waals surface area contributed by atoms with E-state index in [4.69, 9.17) is 15.2 Å². The van der Waals surface area contributed by atoms with Crippen LogP contribution in [-0.2, 0) is 9.47 Å². The zero-order valence-corrected chi connectivity index (χ0v) is 11.9. The molecule has 0 bridgehead atoms. The third-order valence-corrected chi connectivity index (χ3v) is 4.90. The van der Waals surface area contributed by atoms with Crippen LogP contribution in [0.2, 0.25) is 0 Å². The Balaban J connectivity index is 1.52. The number of hydrogen-bond donors (Lipinski definition) is 1. The molecule has 0 aromatic carbocycles. The maximum absolute atomic E-state index is 6.03. The Morgan fingerprint density at radius 2 is 2.00 bits per heavy atom. The minimum Gasteiger partial charge on any atom is -0.378 e. The summed E-state index contributed by atoms with van der Waals surface area (Å²) < 4.78 is 11.6. The van der Waals surface area contributed by atoms with E-state index in [0.29, 0.717) is 6.04 Å². The van der Waals surface area contributed by atoms with Crippen molar-refractivity contribution in [2.24, 2.45) is 5.73 Å². The van der Waals surface area contributed by atoms with E-state index in [-0.39, 0.29) is 5.60 Å². The molecule has 2 unspecified atom stereocenters. The predicted octanol–water partition coefficient (Wildman–Crippen LogP) is -0.0992. The standard InChI is InChI=1S/C14H27N3O2/c15-3-4-16-5-7-17(8-6-16)13-1-9-19-14(11-13)2-10-18-12-14/h13H,1-12,15H2. The third-order valence-electron chi connectivity index (χ3n) is 4.90. The van der Waals surface area contributed by atoms with Crippen molar-refractivity contribution in [2.75, 3.05) is 59.1 Å². The molecule has 0 amide bonds. The number of rotatable bonds is 3. The van der Waals surface area contributed by atoms with E-state index in [2.05, 4.69) is 9.80 Å². The number of ether oxygens (including phenoxy) is 2. The third kappa shape index (κ3) is 3.11. The first-order valence-electron chi connectivity index (χ1n) is 7.69. The van der Waals surface area contributed by atoms with Crippen LogP contribution in [0.4, 0.5) is 0 Å². The fourth-order valence-electron chi connectivity index (χ4n) is 3.71. The minimum atomic E-state index is 0.0390. The van der Waals surface area contributed by atoms with E-state index < -0.39 is 0 Å². The summed E-state index contributed by atoms with van der Waals surface area (Å²) in [4.78, 5) is 5.14. The summed E-state index contributed by atoms with van der Waals surface area (Å²) in [7, 11) is 0. The van der Waals surface area contributed by atoms with Crippen molar-refractivity contribution in [3.05, 3.63) is 0 Å². The molecule has 0 aliphatic carbocycles. The molecule has 3 aliphatic rings. The molecule has 5 nitrogen and oxygen atoms in total. The quantitative estimate of drug-likeness (QED) is 0.775. The van der Waals surface area contributed by atoms with Crippen LogP contribution < -0.4 is 5.73 Å². The molecule has 0 radical (unpaired) electrons. The van der Waals surface area contributed by atoms with Gasteiger partial charge in [-0.1, -0.05) is 0 Å². The van der Waals surface area contributed by atoms with Gasteiger partial charge in [0, 0.05) is 64.9 Å². The molecule has 3 saturated heterocycles. The van der Waals surface area contributed by atoms with E-state index in [0.717, 1.165) is 58.8 Å². The summed E-state index contributed by atoms with van der Waals surface area (Å²) in [5.74, 6) is 0. The Kier molecular flexibility index (Phi) is 4.39. The molecule has 0 saturated carbocycles. The van der Waals surface area contributed by atoms with Gasteiger partial charge in [0.25, 0.3) is 0 Å². The summed E-state index contributed by atoms with van der Waals surface area (Å²) >= 11 is 0. The second-order valence-corrected chi connectivity index (χ2v) is 6.15. The second-order valence-electron chi connectivity index (χ2n) is 6.15. The van der Waals surface area contributed by atoms with Crippen molar-refractivity contribution in [1.82, 2.24) is 9.80 Å². The first kappa shape index (κ1) is 13.8. The summed E-state index contributed by atoms with van der Waals surface area (Å²) in [5.41, 5.74) is 5.67. The van der Waals surface area contributed by atoms with Crippen molar-refractivity contribution in [2.45, 2.75) is 30.9 Å². The Hall–Kier alpha value is -0.200. The number of nitrogens with two attached hydrogens (primary N) is 1. The van der Waals surface area contributed by atoms with Gasteiger partial charge >= 0.3 is 0 Å². The van der Waals surface area contributed by atoms with Crippen molar-refractivity contribution >= 4 is 0 Å². The molecule has 19 heavy (non-hydrogen) atoms. The highest BCUT2D eigenvalue weighted by Gasteiger charge is 2.42. The van der Waals surface area contributed by atoms with Gasteiger partial charge in [0.05, 0.1) is 12.2 Å². The van der Waals surface area contributed by atoms with Crippen molar-refractivity contribution in [3.63, 3.8) is 0 Å². The highest BCUT2D eigenvalue weighted by atomic mass is 16.6. The van der Waals surface area contributed by atoms with Crippen LogP contribution in [-0.4, -0.2) is 80.5 Å². The van der Waals surface area contributed by atoms with Gasteiger partial charge in [-0.3, -0.25) is 9.80 Å². The fraction of sp³-hybridized carbons (Fsp3) is 1.00. The first-order chi connectivity index (χ1) is 9.31. The molecule has 3 rings (SSSR count). The first-order valence-corrected chi connectivity index (χ1v) is 7.69. The van der Waals surface area contributed by atoms with Gasteiger partial charge in [0.15, 0.2) is 0 Å². The van der Waals surface area contributed by atoms with Gasteiger partial charge in [0.1, 0.15) is 0 Å². The largest absolute Gasteiger partial charge is 0.378 e. The lowest BCUT2D eigenvalue weighted by atomic mass is 9.88. The molecule has 0 aromatic rings. The molecular weight excluding hydrogens is 242 g/mol. The Bertz CT molecular complexity index is 286. The zero-order valence-electron chi connectivity index (χ0n) is 11.9. The summed E-state index contributed by atoms with van der Waals surface area (Å²) in [6, 6.07) is 0.690. The molecule has 5 heteroatoms. The van der Waals surface area contributed by atoms with E-state index in [9.17, 15) is 0 Å². The van der Waals surface area contributed by atoms with E-state index in [1.807, 2.05) is 0 Å². The van der Waals surface area contributed by atoms with Crippen molar-refractivity contribution in [3.8, 4) is 0 Å². The van der Waals surface area contributed by atoms with Crippen LogP contribution in [0.5, 0.6) is 0 Å². The SMILES string of the molecule is NCCN1CCN(C2CCOC3(CCOC3)C2)CC1. The van der Waals surface area contributed by atoms with Gasteiger partial charge < -0.3 is 15.2 Å². The average Bonchev–Trinajstić information content (AvgIpc) is 2.88. The molecule has 3 heterocycles. The van der Waals surface area contributed by atoms with E-state index in [1.54, 1.807) is 0 Å². The van der Waals surface area contributed by atoms with Crippen molar-refractivity contribution < 1.29 is 9.47 Å². The van der Waals surface area contributed by atoms with Crippen LogP contribution in [0.1, 0.15) is 19.3 Å². The maximum Gasteiger partial charge on any atom is 0.0951 e. The van der Waals surface area contributed by atoms with E-state index >= 15 is 0 Å². The normalized spacial score (nSPS) is 38.1. The molecule has 0 aromatic heterocycles. The molecule has 2 atom stereocenters. The molecule has 2 N–H and O–H groups in total.